The number of aromatic nitrogens is 2. The van der Waals surface area contributed by atoms with Gasteiger partial charge in [0, 0.05) is 17.1 Å². The smallest absolute Gasteiger partial charge is 0.267 e. The number of amides is 1. The number of hydrogen-bond acceptors (Lipinski definition) is 4. The number of rotatable bonds is 1. The summed E-state index contributed by atoms with van der Waals surface area (Å²) in [6, 6.07) is 8.99. The van der Waals surface area contributed by atoms with E-state index >= 15 is 0 Å². The van der Waals surface area contributed by atoms with E-state index in [4.69, 9.17) is 0 Å². The van der Waals surface area contributed by atoms with Gasteiger partial charge in [-0.25, -0.2) is 3.79 Å². The Morgan fingerprint density at radius 3 is 2.88 bits per heavy atom. The third-order valence-electron chi connectivity index (χ3n) is 2.15. The first-order valence-electron chi connectivity index (χ1n) is 4.90. The topological polar surface area (TPSA) is 46.7 Å². The Bertz CT molecular complexity index is 692. The molecule has 1 amide bonds. The molecule has 0 spiro atoms. The van der Waals surface area contributed by atoms with E-state index in [1.54, 1.807) is 12.1 Å². The monoisotopic (exact) mass is 261 g/mol. The van der Waals surface area contributed by atoms with Crippen molar-refractivity contribution in [3.63, 3.8) is 0 Å². The fraction of sp³-hybridized carbons (Fsp3) is 0. The molecule has 3 aromatic rings. The second kappa shape index (κ2) is 4.23. The second-order valence-corrected chi connectivity index (χ2v) is 5.09. The molecule has 0 bridgehead atoms. The lowest BCUT2D eigenvalue weighted by Crippen LogP contribution is -2.04. The normalized spacial score (nSPS) is 12.1. The zero-order chi connectivity index (χ0) is 11.7. The number of benzene rings is 1. The maximum absolute atomic E-state index is 11.8. The van der Waals surface area contributed by atoms with Crippen molar-refractivity contribution in [2.45, 2.75) is 0 Å². The summed E-state index contributed by atoms with van der Waals surface area (Å²) in [7, 11) is 0. The van der Waals surface area contributed by atoms with Gasteiger partial charge in [-0.3, -0.25) is 4.79 Å². The Hall–Kier alpha value is -1.79. The summed E-state index contributed by atoms with van der Waals surface area (Å²) in [4.78, 5) is 21.4. The molecule has 0 unspecified atom stereocenters. The number of nitrogens with zero attached hydrogens (tertiary/aromatic N) is 3. The van der Waals surface area contributed by atoms with Crippen molar-refractivity contribution < 1.29 is 4.79 Å². The lowest BCUT2D eigenvalue weighted by Gasteiger charge is -1.90. The standard InChI is InChI=1S/C11H7N3OS2/c15-9(8-4-2-1-3-5-8)12-10-13-11-14(17-10)6-7-16-11/h1-7H/b12-10-. The molecule has 0 fully saturated rings. The summed E-state index contributed by atoms with van der Waals surface area (Å²) >= 11 is 2.88. The van der Waals surface area contributed by atoms with Gasteiger partial charge in [0.15, 0.2) is 0 Å². The molecule has 0 aliphatic carbocycles. The molecule has 84 valence electrons. The van der Waals surface area contributed by atoms with Crippen LogP contribution < -0.4 is 4.80 Å². The molecule has 1 aromatic carbocycles. The number of hydrogen-bond donors (Lipinski definition) is 0. The Kier molecular flexibility index (Phi) is 2.58. The molecule has 6 heteroatoms. The number of carbonyl (C=O) groups is 1. The van der Waals surface area contributed by atoms with Gasteiger partial charge in [-0.1, -0.05) is 18.2 Å². The van der Waals surface area contributed by atoms with Gasteiger partial charge in [-0.2, -0.15) is 9.98 Å². The Morgan fingerprint density at radius 2 is 2.12 bits per heavy atom. The SMILES string of the molecule is O=C(/N=c1/nc2sccn2s1)c1ccccc1. The molecular weight excluding hydrogens is 254 g/mol. The van der Waals surface area contributed by atoms with Crippen LogP contribution in [0.3, 0.4) is 0 Å². The molecule has 2 aromatic heterocycles. The van der Waals surface area contributed by atoms with Crippen LogP contribution in [0.5, 0.6) is 0 Å². The largest absolute Gasteiger partial charge is 0.279 e. The quantitative estimate of drug-likeness (QED) is 0.674. The number of fused-ring (bicyclic) bond motifs is 1. The van der Waals surface area contributed by atoms with E-state index < -0.39 is 0 Å². The summed E-state index contributed by atoms with van der Waals surface area (Å²) in [6.45, 7) is 0. The first-order valence-corrected chi connectivity index (χ1v) is 6.55. The Morgan fingerprint density at radius 1 is 1.29 bits per heavy atom. The molecule has 0 atom stereocenters. The number of carbonyl (C=O) groups excluding carboxylic acids is 1. The minimum atomic E-state index is -0.257. The van der Waals surface area contributed by atoms with Gasteiger partial charge in [0.05, 0.1) is 0 Å². The van der Waals surface area contributed by atoms with E-state index in [1.807, 2.05) is 33.6 Å². The van der Waals surface area contributed by atoms with Crippen LogP contribution >= 0.6 is 22.9 Å². The molecular formula is C11H7N3OS2. The minimum Gasteiger partial charge on any atom is -0.267 e. The predicted octanol–water partition coefficient (Wildman–Crippen LogP) is 2.20. The zero-order valence-corrected chi connectivity index (χ0v) is 10.2. The van der Waals surface area contributed by atoms with Crippen LogP contribution in [0.1, 0.15) is 10.4 Å². The maximum Gasteiger partial charge on any atom is 0.279 e. The van der Waals surface area contributed by atoms with Crippen molar-refractivity contribution in [1.82, 2.24) is 8.77 Å². The molecule has 0 radical (unpaired) electrons. The van der Waals surface area contributed by atoms with Crippen molar-refractivity contribution in [3.05, 3.63) is 52.3 Å². The third-order valence-corrected chi connectivity index (χ3v) is 3.86. The zero-order valence-electron chi connectivity index (χ0n) is 8.61. The lowest BCUT2D eigenvalue weighted by atomic mass is 10.2. The highest BCUT2D eigenvalue weighted by Crippen LogP contribution is 2.08. The summed E-state index contributed by atoms with van der Waals surface area (Å²) in [5, 5.41) is 1.95. The van der Waals surface area contributed by atoms with Crippen LogP contribution in [0.25, 0.3) is 4.96 Å². The van der Waals surface area contributed by atoms with Crippen molar-refractivity contribution in [3.8, 4) is 0 Å². The van der Waals surface area contributed by atoms with Gasteiger partial charge in [-0.05, 0) is 23.7 Å². The summed E-state index contributed by atoms with van der Waals surface area (Å²) < 4.78 is 1.89. The van der Waals surface area contributed by atoms with E-state index in [9.17, 15) is 4.79 Å². The average molecular weight is 261 g/mol. The summed E-state index contributed by atoms with van der Waals surface area (Å²) in [5.74, 6) is -0.257. The van der Waals surface area contributed by atoms with Crippen LogP contribution in [0.2, 0.25) is 0 Å². The van der Waals surface area contributed by atoms with Crippen LogP contribution in [-0.4, -0.2) is 14.7 Å². The van der Waals surface area contributed by atoms with Crippen LogP contribution in [0, 0.1) is 0 Å². The first-order chi connectivity index (χ1) is 8.33. The van der Waals surface area contributed by atoms with Gasteiger partial charge in [-0.15, -0.1) is 11.3 Å². The van der Waals surface area contributed by atoms with Crippen LogP contribution in [0.15, 0.2) is 46.9 Å². The van der Waals surface area contributed by atoms with Gasteiger partial charge in [0.1, 0.15) is 0 Å². The molecule has 0 saturated carbocycles. The molecule has 0 saturated heterocycles. The molecule has 0 N–H and O–H groups in total. The highest BCUT2D eigenvalue weighted by Gasteiger charge is 2.04. The van der Waals surface area contributed by atoms with Gasteiger partial charge in [0.25, 0.3) is 5.91 Å². The second-order valence-electron chi connectivity index (χ2n) is 3.28. The Labute approximate surface area is 105 Å². The fourth-order valence-corrected chi connectivity index (χ4v) is 3.03. The van der Waals surface area contributed by atoms with E-state index in [0.717, 1.165) is 4.96 Å². The molecule has 4 nitrogen and oxygen atoms in total. The fourth-order valence-electron chi connectivity index (χ4n) is 1.38. The third kappa shape index (κ3) is 2.04. The number of thiazole rings is 1. The maximum atomic E-state index is 11.8. The summed E-state index contributed by atoms with van der Waals surface area (Å²) in [6.07, 6.45) is 1.91. The molecule has 17 heavy (non-hydrogen) atoms. The molecule has 0 aliphatic heterocycles. The van der Waals surface area contributed by atoms with Gasteiger partial charge < -0.3 is 0 Å². The average Bonchev–Trinajstić information content (AvgIpc) is 2.90. The van der Waals surface area contributed by atoms with E-state index in [1.165, 1.54) is 22.9 Å². The van der Waals surface area contributed by atoms with Crippen LogP contribution in [0.4, 0.5) is 0 Å². The van der Waals surface area contributed by atoms with Crippen molar-refractivity contribution in [2.24, 2.45) is 4.99 Å². The van der Waals surface area contributed by atoms with E-state index in [0.29, 0.717) is 10.4 Å². The van der Waals surface area contributed by atoms with Crippen molar-refractivity contribution in [1.29, 1.82) is 0 Å². The highest BCUT2D eigenvalue weighted by atomic mass is 32.1. The Balaban J connectivity index is 2.01. The predicted molar refractivity (Wildman–Crippen MR) is 67.3 cm³/mol. The van der Waals surface area contributed by atoms with Gasteiger partial charge in [0.2, 0.25) is 9.76 Å². The first kappa shape index (κ1) is 10.4. The highest BCUT2D eigenvalue weighted by molar-refractivity contribution is 7.17. The molecule has 0 aliphatic rings. The van der Waals surface area contributed by atoms with Gasteiger partial charge >= 0.3 is 0 Å². The van der Waals surface area contributed by atoms with Crippen LogP contribution in [-0.2, 0) is 0 Å². The van der Waals surface area contributed by atoms with Crippen molar-refractivity contribution >= 4 is 33.7 Å². The lowest BCUT2D eigenvalue weighted by molar-refractivity contribution is 0.0998. The molecule has 2 heterocycles. The van der Waals surface area contributed by atoms with E-state index in [-0.39, 0.29) is 5.91 Å². The van der Waals surface area contributed by atoms with Crippen molar-refractivity contribution in [2.75, 3.05) is 0 Å². The molecule has 3 rings (SSSR count). The van der Waals surface area contributed by atoms with E-state index in [2.05, 4.69) is 9.98 Å². The summed E-state index contributed by atoms with van der Waals surface area (Å²) in [5.41, 5.74) is 0.580. The minimum absolute atomic E-state index is 0.257.